The summed E-state index contributed by atoms with van der Waals surface area (Å²) in [6, 6.07) is 16.6. The van der Waals surface area contributed by atoms with Crippen molar-refractivity contribution in [2.75, 3.05) is 10.6 Å². The lowest BCUT2D eigenvalue weighted by Crippen LogP contribution is -2.34. The average molecular weight is 294 g/mol. The van der Waals surface area contributed by atoms with Gasteiger partial charge < -0.3 is 16.0 Å². The molecule has 0 fully saturated rings. The molecule has 0 aliphatic heterocycles. The molecule has 0 atom stereocenters. The van der Waals surface area contributed by atoms with Crippen molar-refractivity contribution in [3.8, 4) is 6.07 Å². The number of hydrogen-bond acceptors (Lipinski definition) is 3. The van der Waals surface area contributed by atoms with E-state index in [4.69, 9.17) is 5.26 Å². The highest BCUT2D eigenvalue weighted by Crippen LogP contribution is 2.21. The molecule has 0 unspecified atom stereocenters. The van der Waals surface area contributed by atoms with Crippen molar-refractivity contribution >= 4 is 23.1 Å². The van der Waals surface area contributed by atoms with Crippen LogP contribution in [-0.4, -0.2) is 12.1 Å². The fourth-order valence-electron chi connectivity index (χ4n) is 1.91. The van der Waals surface area contributed by atoms with E-state index in [2.05, 4.69) is 22.0 Å². The number of para-hydroxylation sites is 1. The Morgan fingerprint density at radius 3 is 2.32 bits per heavy atom. The molecule has 0 saturated carbocycles. The van der Waals surface area contributed by atoms with Gasteiger partial charge in [0.25, 0.3) is 0 Å². The molecular weight excluding hydrogens is 276 g/mol. The molecule has 0 heterocycles. The Hall–Kier alpha value is -3.00. The zero-order valence-electron chi connectivity index (χ0n) is 12.6. The number of hydrogen-bond donors (Lipinski definition) is 3. The molecule has 2 rings (SSSR count). The molecule has 3 N–H and O–H groups in total. The summed E-state index contributed by atoms with van der Waals surface area (Å²) >= 11 is 0. The number of urea groups is 1. The Balaban J connectivity index is 2.03. The topological polar surface area (TPSA) is 77.0 Å². The number of nitriles is 1. The SMILES string of the molecule is CC(C)NC(=O)Nc1ccc(Nc2ccccc2C#N)cc1. The van der Waals surface area contributed by atoms with Gasteiger partial charge >= 0.3 is 6.03 Å². The summed E-state index contributed by atoms with van der Waals surface area (Å²) in [7, 11) is 0. The third kappa shape index (κ3) is 4.25. The maximum absolute atomic E-state index is 11.6. The van der Waals surface area contributed by atoms with Crippen molar-refractivity contribution in [2.24, 2.45) is 0 Å². The number of benzene rings is 2. The van der Waals surface area contributed by atoms with Gasteiger partial charge in [-0.05, 0) is 50.2 Å². The lowest BCUT2D eigenvalue weighted by molar-refractivity contribution is 0.250. The Bertz CT molecular complexity index is 687. The minimum Gasteiger partial charge on any atom is -0.354 e. The quantitative estimate of drug-likeness (QED) is 0.802. The number of anilines is 3. The molecule has 0 aromatic heterocycles. The molecular formula is C17H18N4O. The molecule has 0 aliphatic carbocycles. The number of rotatable bonds is 4. The number of nitrogens with zero attached hydrogens (tertiary/aromatic N) is 1. The largest absolute Gasteiger partial charge is 0.354 e. The summed E-state index contributed by atoms with van der Waals surface area (Å²) in [6.45, 7) is 3.80. The van der Waals surface area contributed by atoms with Gasteiger partial charge in [-0.3, -0.25) is 0 Å². The summed E-state index contributed by atoms with van der Waals surface area (Å²) in [4.78, 5) is 11.6. The van der Waals surface area contributed by atoms with Crippen molar-refractivity contribution in [3.63, 3.8) is 0 Å². The molecule has 0 spiro atoms. The molecule has 0 saturated heterocycles. The minimum absolute atomic E-state index is 0.0865. The van der Waals surface area contributed by atoms with Crippen LogP contribution in [0.4, 0.5) is 21.9 Å². The second-order valence-electron chi connectivity index (χ2n) is 5.11. The summed E-state index contributed by atoms with van der Waals surface area (Å²) in [5.74, 6) is 0. The van der Waals surface area contributed by atoms with Crippen LogP contribution in [0, 0.1) is 11.3 Å². The first-order valence-corrected chi connectivity index (χ1v) is 7.02. The first-order chi connectivity index (χ1) is 10.6. The monoisotopic (exact) mass is 294 g/mol. The third-order valence-corrected chi connectivity index (χ3v) is 2.89. The molecule has 2 aromatic carbocycles. The van der Waals surface area contributed by atoms with Gasteiger partial charge in [0, 0.05) is 17.4 Å². The molecule has 0 radical (unpaired) electrons. The summed E-state index contributed by atoms with van der Waals surface area (Å²) < 4.78 is 0. The van der Waals surface area contributed by atoms with E-state index >= 15 is 0 Å². The summed E-state index contributed by atoms with van der Waals surface area (Å²) in [5.41, 5.74) is 2.89. The van der Waals surface area contributed by atoms with Gasteiger partial charge in [-0.25, -0.2) is 4.79 Å². The molecule has 5 nitrogen and oxygen atoms in total. The number of carbonyl (C=O) groups is 1. The lowest BCUT2D eigenvalue weighted by Gasteiger charge is -2.11. The van der Waals surface area contributed by atoms with E-state index in [0.29, 0.717) is 11.3 Å². The van der Waals surface area contributed by atoms with E-state index < -0.39 is 0 Å². The van der Waals surface area contributed by atoms with Gasteiger partial charge in [0.2, 0.25) is 0 Å². The molecule has 0 bridgehead atoms. The van der Waals surface area contributed by atoms with Crippen LogP contribution in [0.5, 0.6) is 0 Å². The first-order valence-electron chi connectivity index (χ1n) is 7.02. The van der Waals surface area contributed by atoms with E-state index in [0.717, 1.165) is 11.4 Å². The van der Waals surface area contributed by atoms with Gasteiger partial charge in [-0.1, -0.05) is 12.1 Å². The maximum atomic E-state index is 11.6. The van der Waals surface area contributed by atoms with E-state index in [1.54, 1.807) is 18.2 Å². The zero-order chi connectivity index (χ0) is 15.9. The molecule has 112 valence electrons. The Labute approximate surface area is 130 Å². The summed E-state index contributed by atoms with van der Waals surface area (Å²) in [5, 5.41) is 17.8. The Morgan fingerprint density at radius 1 is 1.05 bits per heavy atom. The zero-order valence-corrected chi connectivity index (χ0v) is 12.6. The second-order valence-corrected chi connectivity index (χ2v) is 5.11. The maximum Gasteiger partial charge on any atom is 0.319 e. The van der Waals surface area contributed by atoms with Crippen molar-refractivity contribution in [3.05, 3.63) is 54.1 Å². The van der Waals surface area contributed by atoms with Crippen molar-refractivity contribution in [1.82, 2.24) is 5.32 Å². The van der Waals surface area contributed by atoms with Gasteiger partial charge in [-0.2, -0.15) is 5.26 Å². The number of amides is 2. The van der Waals surface area contributed by atoms with Crippen LogP contribution in [0.1, 0.15) is 19.4 Å². The fourth-order valence-corrected chi connectivity index (χ4v) is 1.91. The van der Waals surface area contributed by atoms with Crippen LogP contribution in [-0.2, 0) is 0 Å². The highest BCUT2D eigenvalue weighted by atomic mass is 16.2. The molecule has 5 heteroatoms. The van der Waals surface area contributed by atoms with E-state index in [-0.39, 0.29) is 12.1 Å². The smallest absolute Gasteiger partial charge is 0.319 e. The molecule has 22 heavy (non-hydrogen) atoms. The number of nitrogens with one attached hydrogen (secondary N) is 3. The molecule has 2 amide bonds. The van der Waals surface area contributed by atoms with Crippen molar-refractivity contribution < 1.29 is 4.79 Å². The van der Waals surface area contributed by atoms with Crippen LogP contribution >= 0.6 is 0 Å². The van der Waals surface area contributed by atoms with Crippen LogP contribution in [0.15, 0.2) is 48.5 Å². The lowest BCUT2D eigenvalue weighted by atomic mass is 10.2. The van der Waals surface area contributed by atoms with Crippen molar-refractivity contribution in [1.29, 1.82) is 5.26 Å². The predicted molar refractivity (Wildman–Crippen MR) is 88.2 cm³/mol. The normalized spacial score (nSPS) is 9.91. The van der Waals surface area contributed by atoms with Gasteiger partial charge in [0.15, 0.2) is 0 Å². The predicted octanol–water partition coefficient (Wildman–Crippen LogP) is 3.83. The standard InChI is InChI=1S/C17H18N4O/c1-12(2)19-17(22)21-15-9-7-14(8-10-15)20-16-6-4-3-5-13(16)11-18/h3-10,12,20H,1-2H3,(H2,19,21,22). The van der Waals surface area contributed by atoms with Crippen molar-refractivity contribution in [2.45, 2.75) is 19.9 Å². The van der Waals surface area contributed by atoms with Gasteiger partial charge in [-0.15, -0.1) is 0 Å². The van der Waals surface area contributed by atoms with E-state index in [1.807, 2.05) is 44.2 Å². The second kappa shape index (κ2) is 7.14. The first kappa shape index (κ1) is 15.4. The molecule has 0 aliphatic rings. The third-order valence-electron chi connectivity index (χ3n) is 2.89. The summed E-state index contributed by atoms with van der Waals surface area (Å²) in [6.07, 6.45) is 0. The van der Waals surface area contributed by atoms with Crippen LogP contribution in [0.2, 0.25) is 0 Å². The van der Waals surface area contributed by atoms with Gasteiger partial charge in [0.1, 0.15) is 6.07 Å². The highest BCUT2D eigenvalue weighted by Gasteiger charge is 2.04. The van der Waals surface area contributed by atoms with Gasteiger partial charge in [0.05, 0.1) is 11.3 Å². The molecule has 2 aromatic rings. The number of carbonyl (C=O) groups excluding carboxylic acids is 1. The average Bonchev–Trinajstić information content (AvgIpc) is 2.49. The Morgan fingerprint density at radius 2 is 1.68 bits per heavy atom. The highest BCUT2D eigenvalue weighted by molar-refractivity contribution is 5.89. The van der Waals surface area contributed by atoms with Crippen LogP contribution in [0.3, 0.4) is 0 Å². The fraction of sp³-hybridized carbons (Fsp3) is 0.176. The minimum atomic E-state index is -0.231. The van der Waals surface area contributed by atoms with E-state index in [9.17, 15) is 4.79 Å². The van der Waals surface area contributed by atoms with Crippen LogP contribution < -0.4 is 16.0 Å². The Kier molecular flexibility index (Phi) is 4.99. The van der Waals surface area contributed by atoms with Crippen LogP contribution in [0.25, 0.3) is 0 Å². The van der Waals surface area contributed by atoms with E-state index in [1.165, 1.54) is 0 Å².